The van der Waals surface area contributed by atoms with Crippen LogP contribution in [-0.4, -0.2) is 11.1 Å². The minimum absolute atomic E-state index is 0.321. The molecular formula is C9H11ClN2O2. The average Bonchev–Trinajstić information content (AvgIpc) is 2.09. The fourth-order valence-corrected chi connectivity index (χ4v) is 1.11. The number of hydrogen-bond donors (Lipinski definition) is 3. The van der Waals surface area contributed by atoms with Crippen LogP contribution in [0, 0.1) is 0 Å². The lowest BCUT2D eigenvalue weighted by Crippen LogP contribution is -2.41. The molecule has 0 saturated carbocycles. The molecule has 0 saturated heterocycles. The number of aliphatic carboxylic acids is 1. The van der Waals surface area contributed by atoms with Gasteiger partial charge in [0, 0.05) is 0 Å². The van der Waals surface area contributed by atoms with E-state index in [1.165, 1.54) is 19.1 Å². The van der Waals surface area contributed by atoms with Gasteiger partial charge in [-0.3, -0.25) is 0 Å². The highest BCUT2D eigenvalue weighted by atomic mass is 35.5. The number of hydrogen-bond acceptors (Lipinski definition) is 3. The Labute approximate surface area is 86.5 Å². The van der Waals surface area contributed by atoms with Crippen molar-refractivity contribution in [1.82, 2.24) is 0 Å². The van der Waals surface area contributed by atoms with Crippen LogP contribution in [0.1, 0.15) is 12.5 Å². The van der Waals surface area contributed by atoms with Crippen molar-refractivity contribution in [2.45, 2.75) is 12.5 Å². The van der Waals surface area contributed by atoms with Crippen LogP contribution >= 0.6 is 11.6 Å². The van der Waals surface area contributed by atoms with Gasteiger partial charge in [-0.25, -0.2) is 4.79 Å². The largest absolute Gasteiger partial charge is 0.480 e. The van der Waals surface area contributed by atoms with Gasteiger partial charge in [0.1, 0.15) is 5.54 Å². The maximum absolute atomic E-state index is 10.8. The first-order valence-corrected chi connectivity index (χ1v) is 4.31. The lowest BCUT2D eigenvalue weighted by Gasteiger charge is -2.20. The Hall–Kier alpha value is -1.26. The fraction of sp³-hybridized carbons (Fsp3) is 0.222. The summed E-state index contributed by atoms with van der Waals surface area (Å²) in [6.45, 7) is 1.40. The van der Waals surface area contributed by atoms with Crippen LogP contribution in [-0.2, 0) is 10.3 Å². The molecule has 0 aliphatic heterocycles. The predicted molar refractivity (Wildman–Crippen MR) is 55.0 cm³/mol. The van der Waals surface area contributed by atoms with Gasteiger partial charge in [0.05, 0.1) is 10.7 Å². The van der Waals surface area contributed by atoms with Crippen LogP contribution in [0.25, 0.3) is 0 Å². The summed E-state index contributed by atoms with van der Waals surface area (Å²) >= 11 is 5.70. The summed E-state index contributed by atoms with van der Waals surface area (Å²) in [6, 6.07) is 4.55. The molecule has 14 heavy (non-hydrogen) atoms. The topological polar surface area (TPSA) is 89.3 Å². The van der Waals surface area contributed by atoms with E-state index in [4.69, 9.17) is 28.2 Å². The van der Waals surface area contributed by atoms with Crippen molar-refractivity contribution < 1.29 is 9.90 Å². The minimum atomic E-state index is -1.45. The maximum Gasteiger partial charge on any atom is 0.328 e. The number of carboxylic acid groups (broad SMARTS) is 1. The van der Waals surface area contributed by atoms with Crippen LogP contribution in [0.3, 0.4) is 0 Å². The number of rotatable bonds is 2. The second kappa shape index (κ2) is 3.48. The molecule has 76 valence electrons. The van der Waals surface area contributed by atoms with E-state index in [0.29, 0.717) is 16.3 Å². The minimum Gasteiger partial charge on any atom is -0.480 e. The molecule has 0 radical (unpaired) electrons. The lowest BCUT2D eigenvalue weighted by atomic mass is 9.93. The number of halogens is 1. The van der Waals surface area contributed by atoms with Crippen LogP contribution in [0.4, 0.5) is 5.69 Å². The van der Waals surface area contributed by atoms with E-state index in [2.05, 4.69) is 0 Å². The second-order valence-electron chi connectivity index (χ2n) is 3.24. The molecule has 5 heteroatoms. The number of nitrogen functional groups attached to an aromatic ring is 1. The molecule has 0 heterocycles. The van der Waals surface area contributed by atoms with Crippen molar-refractivity contribution in [3.8, 4) is 0 Å². The molecule has 0 aromatic heterocycles. The summed E-state index contributed by atoms with van der Waals surface area (Å²) in [5.41, 5.74) is 10.4. The molecule has 1 aromatic carbocycles. The van der Waals surface area contributed by atoms with Crippen molar-refractivity contribution in [2.24, 2.45) is 5.73 Å². The number of carbonyl (C=O) groups is 1. The first-order valence-electron chi connectivity index (χ1n) is 3.93. The molecular weight excluding hydrogens is 204 g/mol. The average molecular weight is 215 g/mol. The van der Waals surface area contributed by atoms with E-state index in [1.807, 2.05) is 0 Å². The van der Waals surface area contributed by atoms with Gasteiger partial charge >= 0.3 is 5.97 Å². The SMILES string of the molecule is C[C@](N)(C(=O)O)c1ccc(Cl)c(N)c1. The van der Waals surface area contributed by atoms with Crippen molar-refractivity contribution in [3.63, 3.8) is 0 Å². The molecule has 1 aromatic rings. The smallest absolute Gasteiger partial charge is 0.328 e. The van der Waals surface area contributed by atoms with E-state index in [9.17, 15) is 4.79 Å². The van der Waals surface area contributed by atoms with Crippen molar-refractivity contribution in [1.29, 1.82) is 0 Å². The van der Waals surface area contributed by atoms with Gasteiger partial charge in [0.15, 0.2) is 0 Å². The van der Waals surface area contributed by atoms with Crippen LogP contribution in [0.2, 0.25) is 5.02 Å². The monoisotopic (exact) mass is 214 g/mol. The fourth-order valence-electron chi connectivity index (χ4n) is 0.990. The van der Waals surface area contributed by atoms with Crippen LogP contribution in [0.15, 0.2) is 18.2 Å². The summed E-state index contributed by atoms with van der Waals surface area (Å²) in [5.74, 6) is -1.11. The summed E-state index contributed by atoms with van der Waals surface area (Å²) in [7, 11) is 0. The number of anilines is 1. The zero-order chi connectivity index (χ0) is 10.9. The third kappa shape index (κ3) is 1.81. The molecule has 4 nitrogen and oxygen atoms in total. The van der Waals surface area contributed by atoms with Gasteiger partial charge in [-0.05, 0) is 24.6 Å². The van der Waals surface area contributed by atoms with E-state index in [1.54, 1.807) is 6.07 Å². The van der Waals surface area contributed by atoms with E-state index < -0.39 is 11.5 Å². The number of carboxylic acids is 1. The first-order chi connectivity index (χ1) is 6.35. The second-order valence-corrected chi connectivity index (χ2v) is 3.65. The molecule has 1 atom stereocenters. The van der Waals surface area contributed by atoms with E-state index in [-0.39, 0.29) is 0 Å². The molecule has 1 rings (SSSR count). The third-order valence-electron chi connectivity index (χ3n) is 2.04. The molecule has 0 spiro atoms. The van der Waals surface area contributed by atoms with Gasteiger partial charge in [-0.1, -0.05) is 17.7 Å². The Morgan fingerprint density at radius 2 is 2.14 bits per heavy atom. The Morgan fingerprint density at radius 1 is 1.57 bits per heavy atom. The highest BCUT2D eigenvalue weighted by Gasteiger charge is 2.30. The summed E-state index contributed by atoms with van der Waals surface area (Å²) in [5, 5.41) is 9.24. The Kier molecular flexibility index (Phi) is 2.69. The lowest BCUT2D eigenvalue weighted by molar-refractivity contribution is -0.143. The van der Waals surface area contributed by atoms with Gasteiger partial charge in [-0.2, -0.15) is 0 Å². The molecule has 0 aliphatic rings. The molecule has 0 aliphatic carbocycles. The summed E-state index contributed by atoms with van der Waals surface area (Å²) < 4.78 is 0. The molecule has 0 bridgehead atoms. The van der Waals surface area contributed by atoms with Gasteiger partial charge < -0.3 is 16.6 Å². The van der Waals surface area contributed by atoms with Crippen molar-refractivity contribution in [3.05, 3.63) is 28.8 Å². The van der Waals surface area contributed by atoms with Crippen molar-refractivity contribution in [2.75, 3.05) is 5.73 Å². The molecule has 0 amide bonds. The van der Waals surface area contributed by atoms with Crippen molar-refractivity contribution >= 4 is 23.3 Å². The van der Waals surface area contributed by atoms with Crippen LogP contribution < -0.4 is 11.5 Å². The predicted octanol–water partition coefficient (Wildman–Crippen LogP) is 1.18. The molecule has 0 fully saturated rings. The van der Waals surface area contributed by atoms with Crippen LogP contribution in [0.5, 0.6) is 0 Å². The highest BCUT2D eigenvalue weighted by molar-refractivity contribution is 6.33. The zero-order valence-corrected chi connectivity index (χ0v) is 8.38. The normalized spacial score (nSPS) is 14.8. The van der Waals surface area contributed by atoms with E-state index >= 15 is 0 Å². The third-order valence-corrected chi connectivity index (χ3v) is 2.38. The van der Waals surface area contributed by atoms with Gasteiger partial charge in [0.2, 0.25) is 0 Å². The molecule has 0 unspecified atom stereocenters. The number of nitrogens with two attached hydrogens (primary N) is 2. The van der Waals surface area contributed by atoms with Gasteiger partial charge in [-0.15, -0.1) is 0 Å². The van der Waals surface area contributed by atoms with Gasteiger partial charge in [0.25, 0.3) is 0 Å². The Balaban J connectivity index is 3.21. The number of benzene rings is 1. The zero-order valence-electron chi connectivity index (χ0n) is 7.62. The Morgan fingerprint density at radius 3 is 2.57 bits per heavy atom. The molecule has 5 N–H and O–H groups in total. The maximum atomic E-state index is 10.8. The quantitative estimate of drug-likeness (QED) is 0.645. The Bertz CT molecular complexity index is 377. The standard InChI is InChI=1S/C9H11ClN2O2/c1-9(12,8(13)14)5-2-3-6(10)7(11)4-5/h2-4H,11-12H2,1H3,(H,13,14)/t9-/m1/s1. The first kappa shape index (κ1) is 10.8. The highest BCUT2D eigenvalue weighted by Crippen LogP contribution is 2.25. The summed E-state index contributed by atoms with van der Waals surface area (Å²) in [4.78, 5) is 10.8. The summed E-state index contributed by atoms with van der Waals surface area (Å²) in [6.07, 6.45) is 0. The van der Waals surface area contributed by atoms with E-state index in [0.717, 1.165) is 0 Å².